The lowest BCUT2D eigenvalue weighted by Crippen LogP contribution is -2.46. The molecule has 1 N–H and O–H groups in total. The predicted molar refractivity (Wildman–Crippen MR) is 119 cm³/mol. The van der Waals surface area contributed by atoms with Gasteiger partial charge in [-0.2, -0.15) is 0 Å². The molecule has 1 fully saturated rings. The van der Waals surface area contributed by atoms with Crippen molar-refractivity contribution in [3.63, 3.8) is 0 Å². The fourth-order valence-electron chi connectivity index (χ4n) is 7.46. The summed E-state index contributed by atoms with van der Waals surface area (Å²) in [7, 11) is 0. The zero-order valence-corrected chi connectivity index (χ0v) is 19.1. The highest BCUT2D eigenvalue weighted by Crippen LogP contribution is 2.60. The molecule has 0 aromatic rings. The number of rotatable bonds is 5. The lowest BCUT2D eigenvalue weighted by atomic mass is 9.51. The second kappa shape index (κ2) is 7.56. The second-order valence-corrected chi connectivity index (χ2v) is 11.6. The standard InChI is InChI=1S/C26H43NO/c1-17(2)7-6-8-18(3)23-16-27-24-21-10-9-19-15-20(28)11-13-25(19,4)22(21)12-14-26(23,24)5/h17-20,23,28H,6-16H2,1-5H3/t18-,19+,20+,23-,25+,26-/m1/s1. The zero-order chi connectivity index (χ0) is 20.1. The molecule has 0 unspecified atom stereocenters. The topological polar surface area (TPSA) is 32.6 Å². The van der Waals surface area contributed by atoms with Crippen molar-refractivity contribution in [2.45, 2.75) is 105 Å². The Balaban J connectivity index is 1.54. The maximum Gasteiger partial charge on any atom is 0.0543 e. The lowest BCUT2D eigenvalue weighted by molar-refractivity contribution is 0.0248. The van der Waals surface area contributed by atoms with Crippen molar-refractivity contribution in [2.24, 2.45) is 39.5 Å². The minimum atomic E-state index is -0.0611. The number of nitrogens with zero attached hydrogens (tertiary/aromatic N) is 1. The van der Waals surface area contributed by atoms with Crippen molar-refractivity contribution >= 4 is 5.71 Å². The molecule has 3 aliphatic carbocycles. The number of aliphatic hydroxyl groups excluding tert-OH is 1. The molecule has 2 nitrogen and oxygen atoms in total. The second-order valence-electron chi connectivity index (χ2n) is 11.6. The van der Waals surface area contributed by atoms with Gasteiger partial charge in [0.1, 0.15) is 0 Å². The fourth-order valence-corrected chi connectivity index (χ4v) is 7.46. The third-order valence-corrected chi connectivity index (χ3v) is 9.36. The van der Waals surface area contributed by atoms with E-state index >= 15 is 0 Å². The molecular formula is C26H43NO. The minimum Gasteiger partial charge on any atom is -0.393 e. The van der Waals surface area contributed by atoms with E-state index in [2.05, 4.69) is 34.6 Å². The number of hydrogen-bond acceptors (Lipinski definition) is 2. The van der Waals surface area contributed by atoms with Gasteiger partial charge in [-0.25, -0.2) is 0 Å². The van der Waals surface area contributed by atoms with Crippen LogP contribution in [0.15, 0.2) is 16.1 Å². The highest BCUT2D eigenvalue weighted by molar-refractivity contribution is 6.07. The maximum absolute atomic E-state index is 10.2. The van der Waals surface area contributed by atoms with E-state index < -0.39 is 0 Å². The Labute approximate surface area is 173 Å². The van der Waals surface area contributed by atoms with Gasteiger partial charge in [-0.15, -0.1) is 0 Å². The number of aliphatic imine (C=N–C) groups is 1. The third kappa shape index (κ3) is 3.32. The molecule has 158 valence electrons. The summed E-state index contributed by atoms with van der Waals surface area (Å²) in [6.07, 6.45) is 12.3. The van der Waals surface area contributed by atoms with E-state index in [1.807, 2.05) is 0 Å². The Morgan fingerprint density at radius 1 is 1.04 bits per heavy atom. The SMILES string of the molecule is CC(C)CCC[C@@H](C)[C@H]1CN=C2C3=C(CC[C@@]21C)[C@@]1(C)CC[C@H](O)C[C@@H]1CC3. The van der Waals surface area contributed by atoms with Gasteiger partial charge in [0.25, 0.3) is 0 Å². The smallest absolute Gasteiger partial charge is 0.0543 e. The Bertz CT molecular complexity index is 661. The lowest BCUT2D eigenvalue weighted by Gasteiger charge is -2.53. The van der Waals surface area contributed by atoms with Crippen LogP contribution in [-0.2, 0) is 0 Å². The van der Waals surface area contributed by atoms with Gasteiger partial charge in [-0.3, -0.25) is 4.99 Å². The van der Waals surface area contributed by atoms with Crippen molar-refractivity contribution in [1.29, 1.82) is 0 Å². The molecule has 1 heterocycles. The van der Waals surface area contributed by atoms with Gasteiger partial charge in [-0.1, -0.05) is 59.5 Å². The minimum absolute atomic E-state index is 0.0611. The summed E-state index contributed by atoms with van der Waals surface area (Å²) in [6.45, 7) is 13.3. The first kappa shape index (κ1) is 20.6. The van der Waals surface area contributed by atoms with E-state index in [1.54, 1.807) is 11.1 Å². The van der Waals surface area contributed by atoms with Crippen molar-refractivity contribution < 1.29 is 5.11 Å². The van der Waals surface area contributed by atoms with Gasteiger partial charge in [0, 0.05) is 17.7 Å². The summed E-state index contributed by atoms with van der Waals surface area (Å²) in [6, 6.07) is 0. The Morgan fingerprint density at radius 2 is 1.82 bits per heavy atom. The van der Waals surface area contributed by atoms with Gasteiger partial charge in [0.05, 0.1) is 6.10 Å². The molecule has 0 aromatic carbocycles. The molecule has 1 aliphatic heterocycles. The molecule has 6 atom stereocenters. The molecule has 0 saturated heterocycles. The largest absolute Gasteiger partial charge is 0.393 e. The van der Waals surface area contributed by atoms with Gasteiger partial charge in [-0.05, 0) is 79.6 Å². The molecule has 0 spiro atoms. The van der Waals surface area contributed by atoms with Crippen LogP contribution >= 0.6 is 0 Å². The molecule has 0 aromatic heterocycles. The van der Waals surface area contributed by atoms with Gasteiger partial charge >= 0.3 is 0 Å². The fraction of sp³-hybridized carbons (Fsp3) is 0.885. The van der Waals surface area contributed by atoms with E-state index in [4.69, 9.17) is 4.99 Å². The van der Waals surface area contributed by atoms with Crippen LogP contribution in [0.2, 0.25) is 0 Å². The molecular weight excluding hydrogens is 342 g/mol. The highest BCUT2D eigenvalue weighted by atomic mass is 16.3. The number of fused-ring (bicyclic) bond motifs is 4. The van der Waals surface area contributed by atoms with Crippen LogP contribution in [0.25, 0.3) is 0 Å². The monoisotopic (exact) mass is 385 g/mol. The van der Waals surface area contributed by atoms with Gasteiger partial charge < -0.3 is 5.11 Å². The number of hydrogen-bond donors (Lipinski definition) is 1. The van der Waals surface area contributed by atoms with Crippen LogP contribution in [0.5, 0.6) is 0 Å². The highest BCUT2D eigenvalue weighted by Gasteiger charge is 2.53. The van der Waals surface area contributed by atoms with Crippen LogP contribution in [0.3, 0.4) is 0 Å². The molecule has 28 heavy (non-hydrogen) atoms. The third-order valence-electron chi connectivity index (χ3n) is 9.36. The molecule has 2 heteroatoms. The van der Waals surface area contributed by atoms with E-state index in [9.17, 15) is 5.11 Å². The zero-order valence-electron chi connectivity index (χ0n) is 19.1. The van der Waals surface area contributed by atoms with Crippen molar-refractivity contribution in [1.82, 2.24) is 0 Å². The van der Waals surface area contributed by atoms with E-state index in [1.165, 1.54) is 57.1 Å². The summed E-state index contributed by atoms with van der Waals surface area (Å²) in [5.74, 6) is 3.03. The first-order valence-corrected chi connectivity index (χ1v) is 12.2. The normalized spacial score (nSPS) is 41.4. The van der Waals surface area contributed by atoms with Gasteiger partial charge in [0.2, 0.25) is 0 Å². The number of allylic oxidation sites excluding steroid dienone is 2. The van der Waals surface area contributed by atoms with Crippen LogP contribution in [0.1, 0.15) is 98.8 Å². The van der Waals surface area contributed by atoms with Crippen molar-refractivity contribution in [3.05, 3.63) is 11.1 Å². The van der Waals surface area contributed by atoms with Crippen LogP contribution in [-0.4, -0.2) is 23.5 Å². The average molecular weight is 386 g/mol. The summed E-state index contributed by atoms with van der Waals surface area (Å²) in [4.78, 5) is 5.25. The maximum atomic E-state index is 10.2. The number of aliphatic hydroxyl groups is 1. The Hall–Kier alpha value is -0.630. The predicted octanol–water partition coefficient (Wildman–Crippen LogP) is 6.58. The van der Waals surface area contributed by atoms with Crippen LogP contribution in [0.4, 0.5) is 0 Å². The van der Waals surface area contributed by atoms with Crippen molar-refractivity contribution in [3.8, 4) is 0 Å². The van der Waals surface area contributed by atoms with E-state index in [0.717, 1.165) is 37.1 Å². The summed E-state index contributed by atoms with van der Waals surface area (Å²) in [5, 5.41) is 10.2. The summed E-state index contributed by atoms with van der Waals surface area (Å²) in [5.41, 5.74) is 5.58. The quantitative estimate of drug-likeness (QED) is 0.570. The van der Waals surface area contributed by atoms with Gasteiger partial charge in [0.15, 0.2) is 0 Å². The Kier molecular flexibility index (Phi) is 5.57. The summed E-state index contributed by atoms with van der Waals surface area (Å²) < 4.78 is 0. The molecule has 4 rings (SSSR count). The Morgan fingerprint density at radius 3 is 2.57 bits per heavy atom. The van der Waals surface area contributed by atoms with E-state index in [0.29, 0.717) is 16.7 Å². The first-order valence-electron chi connectivity index (χ1n) is 12.2. The van der Waals surface area contributed by atoms with Crippen molar-refractivity contribution in [2.75, 3.05) is 6.54 Å². The molecule has 0 bridgehead atoms. The van der Waals surface area contributed by atoms with Crippen LogP contribution in [0, 0.1) is 34.5 Å². The summed E-state index contributed by atoms with van der Waals surface area (Å²) >= 11 is 0. The molecule has 0 radical (unpaired) electrons. The van der Waals surface area contributed by atoms with Crippen LogP contribution < -0.4 is 0 Å². The van der Waals surface area contributed by atoms with E-state index in [-0.39, 0.29) is 6.10 Å². The molecule has 4 aliphatic rings. The molecule has 0 amide bonds. The first-order chi connectivity index (χ1) is 13.3. The molecule has 1 saturated carbocycles. The average Bonchev–Trinajstić information content (AvgIpc) is 2.99.